The molecule has 0 saturated heterocycles. The van der Waals surface area contributed by atoms with Crippen LogP contribution in [0.15, 0.2) is 60.8 Å². The van der Waals surface area contributed by atoms with E-state index in [4.69, 9.17) is 0 Å². The summed E-state index contributed by atoms with van der Waals surface area (Å²) in [5.41, 5.74) is 3.14. The highest BCUT2D eigenvalue weighted by molar-refractivity contribution is 5.48. The number of hydrogen-bond acceptors (Lipinski definition) is 0. The maximum atomic E-state index is 3.87. The van der Waals surface area contributed by atoms with E-state index in [-0.39, 0.29) is 0 Å². The van der Waals surface area contributed by atoms with Gasteiger partial charge in [0.2, 0.25) is 0 Å². The lowest BCUT2D eigenvalue weighted by atomic mass is 10.0. The predicted octanol–water partition coefficient (Wildman–Crippen LogP) is 4.83. The molecule has 0 rings (SSSR count). The van der Waals surface area contributed by atoms with Gasteiger partial charge in [0.25, 0.3) is 0 Å². The second-order valence-corrected chi connectivity index (χ2v) is 2.56. The van der Waals surface area contributed by atoms with Crippen LogP contribution in [-0.2, 0) is 0 Å². The molecule has 0 N–H and O–H groups in total. The monoisotopic (exact) mass is 190 g/mol. The first kappa shape index (κ1) is 15.2. The summed E-state index contributed by atoms with van der Waals surface area (Å²) in [6, 6.07) is 0. The third-order valence-electron chi connectivity index (χ3n) is 1.54. The normalized spacial score (nSPS) is 11.1. The first-order chi connectivity index (χ1) is 6.67. The van der Waals surface area contributed by atoms with E-state index in [0.717, 1.165) is 16.7 Å². The lowest BCUT2D eigenvalue weighted by molar-refractivity contribution is 1.41. The van der Waals surface area contributed by atoms with Crippen molar-refractivity contribution in [2.45, 2.75) is 27.7 Å². The highest BCUT2D eigenvalue weighted by Crippen LogP contribution is 2.15. The average molecular weight is 190 g/mol. The lowest BCUT2D eigenvalue weighted by Gasteiger charge is -2.03. The maximum Gasteiger partial charge on any atom is -0.0167 e. The molecular formula is C14H22. The third kappa shape index (κ3) is 5.36. The van der Waals surface area contributed by atoms with Crippen LogP contribution < -0.4 is 0 Å². The fourth-order valence-corrected chi connectivity index (χ4v) is 0.986. The topological polar surface area (TPSA) is 0 Å². The third-order valence-corrected chi connectivity index (χ3v) is 1.54. The van der Waals surface area contributed by atoms with Gasteiger partial charge in [0.05, 0.1) is 0 Å². The Morgan fingerprint density at radius 2 is 1.57 bits per heavy atom. The Balaban J connectivity index is 0. The fraction of sp³-hybridized carbons (Fsp3) is 0.286. The van der Waals surface area contributed by atoms with E-state index >= 15 is 0 Å². The molecule has 0 amide bonds. The van der Waals surface area contributed by atoms with Gasteiger partial charge in [-0.05, 0) is 25.0 Å². The maximum absolute atomic E-state index is 3.87. The summed E-state index contributed by atoms with van der Waals surface area (Å²) in [6.07, 6.45) is 7.59. The van der Waals surface area contributed by atoms with E-state index < -0.39 is 0 Å². The van der Waals surface area contributed by atoms with Crippen LogP contribution in [0.2, 0.25) is 0 Å². The minimum atomic E-state index is 1.01. The van der Waals surface area contributed by atoms with Gasteiger partial charge in [-0.3, -0.25) is 0 Å². The number of hydrogen-bond donors (Lipinski definition) is 0. The average Bonchev–Trinajstić information content (AvgIpc) is 2.20. The van der Waals surface area contributed by atoms with Crippen LogP contribution >= 0.6 is 0 Å². The molecule has 0 heterocycles. The first-order valence-corrected chi connectivity index (χ1v) is 4.95. The van der Waals surface area contributed by atoms with Crippen LogP contribution in [0.4, 0.5) is 0 Å². The van der Waals surface area contributed by atoms with Crippen molar-refractivity contribution in [2.24, 2.45) is 0 Å². The Morgan fingerprint density at radius 1 is 1.07 bits per heavy atom. The van der Waals surface area contributed by atoms with Crippen molar-refractivity contribution in [3.05, 3.63) is 60.8 Å². The Kier molecular flexibility index (Phi) is 10.6. The molecule has 0 bridgehead atoms. The Morgan fingerprint density at radius 3 is 1.79 bits per heavy atom. The first-order valence-electron chi connectivity index (χ1n) is 4.95. The minimum absolute atomic E-state index is 1.01. The summed E-state index contributed by atoms with van der Waals surface area (Å²) >= 11 is 0. The van der Waals surface area contributed by atoms with Gasteiger partial charge in [0.15, 0.2) is 0 Å². The zero-order valence-electron chi connectivity index (χ0n) is 9.93. The molecule has 0 aromatic rings. The van der Waals surface area contributed by atoms with Crippen molar-refractivity contribution < 1.29 is 0 Å². The van der Waals surface area contributed by atoms with Gasteiger partial charge in [-0.25, -0.2) is 0 Å². The zero-order valence-corrected chi connectivity index (χ0v) is 9.93. The largest absolute Gasteiger partial charge is 0.0984 e. The molecule has 0 aliphatic carbocycles. The van der Waals surface area contributed by atoms with E-state index in [0.29, 0.717) is 0 Å². The van der Waals surface area contributed by atoms with Crippen LogP contribution in [0, 0.1) is 0 Å². The van der Waals surface area contributed by atoms with Crippen molar-refractivity contribution in [1.29, 1.82) is 0 Å². The van der Waals surface area contributed by atoms with Crippen molar-refractivity contribution in [1.82, 2.24) is 0 Å². The summed E-state index contributed by atoms with van der Waals surface area (Å²) in [6.45, 7) is 19.3. The highest BCUT2D eigenvalue weighted by Gasteiger charge is 1.96. The predicted molar refractivity (Wildman–Crippen MR) is 68.4 cm³/mol. The summed E-state index contributed by atoms with van der Waals surface area (Å²) in [7, 11) is 0. The minimum Gasteiger partial charge on any atom is -0.0984 e. The second-order valence-electron chi connectivity index (χ2n) is 2.56. The Bertz CT molecular complexity index is 249. The van der Waals surface area contributed by atoms with E-state index in [9.17, 15) is 0 Å². The lowest BCUT2D eigenvalue weighted by Crippen LogP contribution is -1.84. The molecule has 0 aromatic carbocycles. The molecule has 14 heavy (non-hydrogen) atoms. The molecule has 0 unspecified atom stereocenters. The van der Waals surface area contributed by atoms with Crippen LogP contribution in [0.5, 0.6) is 0 Å². The highest BCUT2D eigenvalue weighted by atomic mass is 14.0. The van der Waals surface area contributed by atoms with E-state index in [1.807, 2.05) is 45.9 Å². The van der Waals surface area contributed by atoms with Crippen LogP contribution in [-0.4, -0.2) is 0 Å². The molecule has 0 aromatic heterocycles. The summed E-state index contributed by atoms with van der Waals surface area (Å²) in [5.74, 6) is 0. The van der Waals surface area contributed by atoms with Crippen molar-refractivity contribution >= 4 is 0 Å². The second kappa shape index (κ2) is 9.79. The van der Waals surface area contributed by atoms with Crippen molar-refractivity contribution in [3.8, 4) is 0 Å². The smallest absolute Gasteiger partial charge is 0.0167 e. The SMILES string of the molecule is C=CC(/C=C\C)=C(/C=C)C(=C)C.CC. The molecule has 0 aliphatic rings. The summed E-state index contributed by atoms with van der Waals surface area (Å²) in [4.78, 5) is 0. The molecule has 0 atom stereocenters. The molecule has 0 spiro atoms. The van der Waals surface area contributed by atoms with Gasteiger partial charge >= 0.3 is 0 Å². The zero-order chi connectivity index (χ0) is 11.6. The van der Waals surface area contributed by atoms with Gasteiger partial charge in [-0.2, -0.15) is 0 Å². The Hall–Kier alpha value is -1.30. The van der Waals surface area contributed by atoms with E-state index in [1.165, 1.54) is 0 Å². The van der Waals surface area contributed by atoms with Gasteiger partial charge in [0.1, 0.15) is 0 Å². The van der Waals surface area contributed by atoms with Gasteiger partial charge in [-0.1, -0.05) is 63.5 Å². The fourth-order valence-electron chi connectivity index (χ4n) is 0.986. The van der Waals surface area contributed by atoms with E-state index in [1.54, 1.807) is 6.08 Å². The standard InChI is InChI=1S/C12H16.C2H6/c1-6-9-11(7-2)12(8-3)10(4)5;1-2/h6-9H,2-4H2,1,5H3;1-2H3/b9-6-,12-11+;. The van der Waals surface area contributed by atoms with Gasteiger partial charge < -0.3 is 0 Å². The van der Waals surface area contributed by atoms with Crippen LogP contribution in [0.3, 0.4) is 0 Å². The molecular weight excluding hydrogens is 168 g/mol. The van der Waals surface area contributed by atoms with Gasteiger partial charge in [0, 0.05) is 0 Å². The quantitative estimate of drug-likeness (QED) is 0.557. The van der Waals surface area contributed by atoms with E-state index in [2.05, 4.69) is 19.7 Å². The number of rotatable bonds is 4. The molecule has 0 nitrogen and oxygen atoms in total. The Labute approximate surface area is 89.0 Å². The molecule has 0 heteroatoms. The van der Waals surface area contributed by atoms with Crippen LogP contribution in [0.1, 0.15) is 27.7 Å². The molecule has 0 fully saturated rings. The van der Waals surface area contributed by atoms with Gasteiger partial charge in [-0.15, -0.1) is 0 Å². The molecule has 0 radical (unpaired) electrons. The van der Waals surface area contributed by atoms with Crippen molar-refractivity contribution in [3.63, 3.8) is 0 Å². The summed E-state index contributed by atoms with van der Waals surface area (Å²) in [5, 5.41) is 0. The molecule has 78 valence electrons. The number of allylic oxidation sites excluding steroid dienone is 7. The van der Waals surface area contributed by atoms with Crippen molar-refractivity contribution in [2.75, 3.05) is 0 Å². The van der Waals surface area contributed by atoms with Crippen LogP contribution in [0.25, 0.3) is 0 Å². The molecule has 0 saturated carbocycles. The summed E-state index contributed by atoms with van der Waals surface area (Å²) < 4.78 is 0. The molecule has 0 aliphatic heterocycles.